The Balaban J connectivity index is 4.16. The number of carboxylic acids is 1. The Morgan fingerprint density at radius 1 is 1.60 bits per heavy atom. The number of amides is 2. The highest BCUT2D eigenvalue weighted by molar-refractivity contribution is 5.82. The number of nitrogens with one attached hydrogen (secondary N) is 1. The molecule has 0 aromatic heterocycles. The summed E-state index contributed by atoms with van der Waals surface area (Å²) in [5, 5.41) is 19.3. The molecule has 0 saturated carbocycles. The molecule has 0 saturated heterocycles. The summed E-state index contributed by atoms with van der Waals surface area (Å²) in [5.41, 5.74) is 0. The monoisotopic (exact) mass is 213 g/mol. The molecule has 6 heteroatoms. The fraction of sp³-hybridized carbons (Fsp3) is 0.667. The van der Waals surface area contributed by atoms with Gasteiger partial charge in [0.25, 0.3) is 0 Å². The molecule has 0 fully saturated rings. The van der Waals surface area contributed by atoms with E-state index < -0.39 is 18.0 Å². The lowest BCUT2D eigenvalue weighted by Crippen LogP contribution is -2.46. The van der Waals surface area contributed by atoms with E-state index in [-0.39, 0.29) is 6.42 Å². The number of aliphatic carboxylic acids is 1. The van der Waals surface area contributed by atoms with E-state index in [4.69, 9.17) is 10.4 Å². The Labute approximate surface area is 88.5 Å². The van der Waals surface area contributed by atoms with Crippen LogP contribution in [0.25, 0.3) is 0 Å². The average molecular weight is 213 g/mol. The molecule has 0 aliphatic rings. The molecule has 0 bridgehead atoms. The molecular weight excluding hydrogens is 198 g/mol. The summed E-state index contributed by atoms with van der Waals surface area (Å²) < 4.78 is 0. The number of hydrogen-bond acceptors (Lipinski definition) is 3. The molecule has 0 aromatic rings. The highest BCUT2D eigenvalue weighted by atomic mass is 16.4. The normalized spacial score (nSPS) is 11.3. The topological polar surface area (TPSA) is 93.4 Å². The predicted octanol–water partition coefficient (Wildman–Crippen LogP) is 0.405. The van der Waals surface area contributed by atoms with Gasteiger partial charge in [0.1, 0.15) is 6.04 Å². The largest absolute Gasteiger partial charge is 0.480 e. The van der Waals surface area contributed by atoms with Crippen molar-refractivity contribution in [1.29, 1.82) is 5.26 Å². The van der Waals surface area contributed by atoms with Crippen LogP contribution in [-0.4, -0.2) is 41.1 Å². The molecule has 0 spiro atoms. The maximum atomic E-state index is 11.4. The highest BCUT2D eigenvalue weighted by Gasteiger charge is 2.17. The Bertz CT molecular complexity index is 272. The Morgan fingerprint density at radius 3 is 2.60 bits per heavy atom. The predicted molar refractivity (Wildman–Crippen MR) is 53.1 cm³/mol. The van der Waals surface area contributed by atoms with Gasteiger partial charge < -0.3 is 15.3 Å². The zero-order valence-electron chi connectivity index (χ0n) is 8.86. The van der Waals surface area contributed by atoms with E-state index >= 15 is 0 Å². The van der Waals surface area contributed by atoms with Crippen molar-refractivity contribution in [3.63, 3.8) is 0 Å². The molecule has 0 radical (unpaired) electrons. The van der Waals surface area contributed by atoms with Gasteiger partial charge in [-0.2, -0.15) is 5.26 Å². The van der Waals surface area contributed by atoms with Crippen molar-refractivity contribution in [1.82, 2.24) is 10.2 Å². The van der Waals surface area contributed by atoms with Crippen LogP contribution in [0.4, 0.5) is 4.79 Å². The first-order chi connectivity index (χ1) is 7.02. The molecule has 1 atom stereocenters. The molecule has 0 rings (SSSR count). The fourth-order valence-corrected chi connectivity index (χ4v) is 0.926. The minimum atomic E-state index is -1.08. The van der Waals surface area contributed by atoms with E-state index in [1.165, 1.54) is 11.8 Å². The minimum Gasteiger partial charge on any atom is -0.480 e. The number of rotatable bonds is 5. The first kappa shape index (κ1) is 13.2. The molecule has 84 valence electrons. The number of urea groups is 1. The maximum Gasteiger partial charge on any atom is 0.325 e. The van der Waals surface area contributed by atoms with Crippen LogP contribution in [0.15, 0.2) is 0 Å². The number of carboxylic acid groups (broad SMARTS) is 1. The van der Waals surface area contributed by atoms with E-state index in [1.807, 2.05) is 6.07 Å². The van der Waals surface area contributed by atoms with Gasteiger partial charge in [0.15, 0.2) is 0 Å². The van der Waals surface area contributed by atoms with Gasteiger partial charge in [-0.25, -0.2) is 4.79 Å². The minimum absolute atomic E-state index is 0.239. The van der Waals surface area contributed by atoms with E-state index in [1.54, 1.807) is 6.92 Å². The summed E-state index contributed by atoms with van der Waals surface area (Å²) in [6.07, 6.45) is 0.239. The van der Waals surface area contributed by atoms with Crippen LogP contribution < -0.4 is 5.32 Å². The third-order valence-corrected chi connectivity index (χ3v) is 1.87. The second kappa shape index (κ2) is 6.65. The SMILES string of the molecule is CCN(CCC#N)C(=O)N[C@@H](C)C(=O)O. The van der Waals surface area contributed by atoms with Gasteiger partial charge in [0.2, 0.25) is 0 Å². The second-order valence-corrected chi connectivity index (χ2v) is 3.00. The van der Waals surface area contributed by atoms with Crippen LogP contribution in [0.3, 0.4) is 0 Å². The highest BCUT2D eigenvalue weighted by Crippen LogP contribution is 1.93. The van der Waals surface area contributed by atoms with E-state index in [9.17, 15) is 9.59 Å². The van der Waals surface area contributed by atoms with Crippen molar-refractivity contribution in [2.45, 2.75) is 26.3 Å². The van der Waals surface area contributed by atoms with Crippen LogP contribution >= 0.6 is 0 Å². The first-order valence-electron chi connectivity index (χ1n) is 4.68. The van der Waals surface area contributed by atoms with Gasteiger partial charge in [-0.3, -0.25) is 4.79 Å². The maximum absolute atomic E-state index is 11.4. The summed E-state index contributed by atoms with van der Waals surface area (Å²) in [6.45, 7) is 3.91. The van der Waals surface area contributed by atoms with E-state index in [0.717, 1.165) is 0 Å². The van der Waals surface area contributed by atoms with Gasteiger partial charge >= 0.3 is 12.0 Å². The van der Waals surface area contributed by atoms with E-state index in [2.05, 4.69) is 5.32 Å². The molecule has 0 aromatic carbocycles. The molecule has 2 N–H and O–H groups in total. The molecule has 0 aliphatic carbocycles. The zero-order valence-corrected chi connectivity index (χ0v) is 8.86. The lowest BCUT2D eigenvalue weighted by Gasteiger charge is -2.21. The quantitative estimate of drug-likeness (QED) is 0.691. The van der Waals surface area contributed by atoms with Gasteiger partial charge in [-0.1, -0.05) is 0 Å². The lowest BCUT2D eigenvalue weighted by atomic mass is 10.3. The number of carbonyl (C=O) groups excluding carboxylic acids is 1. The number of nitrogens with zero attached hydrogens (tertiary/aromatic N) is 2. The van der Waals surface area contributed by atoms with Gasteiger partial charge in [0, 0.05) is 13.1 Å². The van der Waals surface area contributed by atoms with Crippen LogP contribution in [0.5, 0.6) is 0 Å². The van der Waals surface area contributed by atoms with Crippen LogP contribution in [0, 0.1) is 11.3 Å². The van der Waals surface area contributed by atoms with Crippen molar-refractivity contribution in [2.75, 3.05) is 13.1 Å². The van der Waals surface area contributed by atoms with Crippen molar-refractivity contribution >= 4 is 12.0 Å². The molecule has 15 heavy (non-hydrogen) atoms. The van der Waals surface area contributed by atoms with Crippen molar-refractivity contribution in [3.05, 3.63) is 0 Å². The molecule has 0 aliphatic heterocycles. The average Bonchev–Trinajstić information content (AvgIpc) is 2.18. The summed E-state index contributed by atoms with van der Waals surface area (Å²) in [4.78, 5) is 23.3. The summed E-state index contributed by atoms with van der Waals surface area (Å²) in [6, 6.07) is 0.547. The van der Waals surface area contributed by atoms with Crippen LogP contribution in [0.1, 0.15) is 20.3 Å². The first-order valence-corrected chi connectivity index (χ1v) is 4.68. The fourth-order valence-electron chi connectivity index (χ4n) is 0.926. The van der Waals surface area contributed by atoms with Crippen molar-refractivity contribution < 1.29 is 14.7 Å². The van der Waals surface area contributed by atoms with Gasteiger partial charge in [-0.05, 0) is 13.8 Å². The number of carbonyl (C=O) groups is 2. The smallest absolute Gasteiger partial charge is 0.325 e. The van der Waals surface area contributed by atoms with Crippen molar-refractivity contribution in [2.24, 2.45) is 0 Å². The Kier molecular flexibility index (Phi) is 5.86. The summed E-state index contributed by atoms with van der Waals surface area (Å²) in [5.74, 6) is -1.08. The third kappa shape index (κ3) is 4.86. The zero-order chi connectivity index (χ0) is 11.8. The van der Waals surface area contributed by atoms with Gasteiger partial charge in [-0.15, -0.1) is 0 Å². The second-order valence-electron chi connectivity index (χ2n) is 3.00. The number of nitriles is 1. The van der Waals surface area contributed by atoms with Crippen LogP contribution in [-0.2, 0) is 4.79 Å². The van der Waals surface area contributed by atoms with E-state index in [0.29, 0.717) is 13.1 Å². The summed E-state index contributed by atoms with van der Waals surface area (Å²) >= 11 is 0. The molecule has 0 unspecified atom stereocenters. The number of hydrogen-bond donors (Lipinski definition) is 2. The Hall–Kier alpha value is -1.77. The molecular formula is C9H15N3O3. The van der Waals surface area contributed by atoms with Crippen molar-refractivity contribution in [3.8, 4) is 6.07 Å². The van der Waals surface area contributed by atoms with Crippen LogP contribution in [0.2, 0.25) is 0 Å². The standard InChI is InChI=1S/C9H15N3O3/c1-3-12(6-4-5-10)9(15)11-7(2)8(13)14/h7H,3-4,6H2,1-2H3,(H,11,15)(H,13,14)/t7-/m0/s1. The molecule has 6 nitrogen and oxygen atoms in total. The van der Waals surface area contributed by atoms with Gasteiger partial charge in [0.05, 0.1) is 12.5 Å². The lowest BCUT2D eigenvalue weighted by molar-refractivity contribution is -0.138. The summed E-state index contributed by atoms with van der Waals surface area (Å²) in [7, 11) is 0. The molecule has 2 amide bonds. The Morgan fingerprint density at radius 2 is 2.20 bits per heavy atom. The third-order valence-electron chi connectivity index (χ3n) is 1.87. The molecule has 0 heterocycles.